The predicted molar refractivity (Wildman–Crippen MR) is 115 cm³/mol. The summed E-state index contributed by atoms with van der Waals surface area (Å²) in [6, 6.07) is 6.47. The summed E-state index contributed by atoms with van der Waals surface area (Å²) < 4.78 is 36.7. The Morgan fingerprint density at radius 1 is 1.30 bits per heavy atom. The molecule has 4 rings (SSSR count). The lowest BCUT2D eigenvalue weighted by Gasteiger charge is -2.44. The number of carbonyl (C=O) groups is 1. The smallest absolute Gasteiger partial charge is 0.305 e. The number of aromatic nitrogens is 1. The summed E-state index contributed by atoms with van der Waals surface area (Å²) in [4.78, 5) is 15.0. The number of H-pyrrole nitrogens is 1. The Morgan fingerprint density at radius 2 is 2.03 bits per heavy atom. The zero-order valence-electron chi connectivity index (χ0n) is 17.2. The molecule has 1 aromatic heterocycles. The van der Waals surface area contributed by atoms with Crippen molar-refractivity contribution in [3.05, 3.63) is 52.7 Å². The molecule has 0 spiro atoms. The summed E-state index contributed by atoms with van der Waals surface area (Å²) in [5.74, 6) is -2.18. The second-order valence-electron chi connectivity index (χ2n) is 8.27. The van der Waals surface area contributed by atoms with E-state index in [1.807, 2.05) is 13.8 Å². The fraction of sp³-hybridized carbons (Fsp3) is 0.348. The minimum Gasteiger partial charge on any atom is -0.459 e. The van der Waals surface area contributed by atoms with Crippen LogP contribution in [0.15, 0.2) is 30.5 Å². The highest BCUT2D eigenvalue weighted by molar-refractivity contribution is 6.36. The molecule has 0 fully saturated rings. The van der Waals surface area contributed by atoms with Crippen LogP contribution in [0.4, 0.5) is 14.5 Å². The van der Waals surface area contributed by atoms with Crippen LogP contribution in [0, 0.1) is 11.6 Å². The Bertz CT molecular complexity index is 1160. The third-order valence-electron chi connectivity index (χ3n) is 5.82. The normalized spacial score (nSPS) is 20.0. The quantitative estimate of drug-likeness (QED) is 0.471. The minimum absolute atomic E-state index is 0.133. The number of hydrogen-bond acceptors (Lipinski definition) is 3. The second kappa shape index (κ2) is 7.27. The standard InChI is InChI=1S/C23H23ClF2N2O2/c1-5-17(29)30-22-11(2)18-16(28-23(22,3)4)9-15(25)19(20(18)26)13-8-6-7-12-14(24)10-27-21(12)13/h6-11,22,27-28H,5H2,1-4H3/t11-,22+/m0/s1. The number of anilines is 1. The number of halogens is 3. The van der Waals surface area contributed by atoms with E-state index in [-0.39, 0.29) is 18.0 Å². The van der Waals surface area contributed by atoms with Crippen molar-refractivity contribution in [2.24, 2.45) is 0 Å². The van der Waals surface area contributed by atoms with Crippen molar-refractivity contribution < 1.29 is 18.3 Å². The Labute approximate surface area is 178 Å². The van der Waals surface area contributed by atoms with E-state index >= 15 is 8.78 Å². The fourth-order valence-corrected chi connectivity index (χ4v) is 4.64. The van der Waals surface area contributed by atoms with Crippen LogP contribution in [0.1, 0.15) is 45.6 Å². The molecule has 7 heteroatoms. The van der Waals surface area contributed by atoms with Crippen molar-refractivity contribution in [3.63, 3.8) is 0 Å². The largest absolute Gasteiger partial charge is 0.459 e. The van der Waals surface area contributed by atoms with Crippen molar-refractivity contribution in [2.75, 3.05) is 5.32 Å². The van der Waals surface area contributed by atoms with Gasteiger partial charge >= 0.3 is 5.97 Å². The van der Waals surface area contributed by atoms with Crippen molar-refractivity contribution in [1.29, 1.82) is 0 Å². The van der Waals surface area contributed by atoms with E-state index in [9.17, 15) is 4.79 Å². The van der Waals surface area contributed by atoms with E-state index in [1.54, 1.807) is 38.2 Å². The monoisotopic (exact) mass is 432 g/mol. The molecule has 1 aliphatic rings. The molecule has 2 heterocycles. The maximum Gasteiger partial charge on any atom is 0.305 e. The predicted octanol–water partition coefficient (Wildman–Crippen LogP) is 6.40. The third kappa shape index (κ3) is 3.14. The van der Waals surface area contributed by atoms with Crippen LogP contribution >= 0.6 is 11.6 Å². The Morgan fingerprint density at radius 3 is 2.73 bits per heavy atom. The van der Waals surface area contributed by atoms with Crippen molar-refractivity contribution in [1.82, 2.24) is 4.98 Å². The Balaban J connectivity index is 1.91. The molecule has 0 saturated heterocycles. The summed E-state index contributed by atoms with van der Waals surface area (Å²) in [5, 5.41) is 4.33. The molecule has 30 heavy (non-hydrogen) atoms. The molecular formula is C23H23ClF2N2O2. The number of hydrogen-bond donors (Lipinski definition) is 2. The van der Waals surface area contributed by atoms with Gasteiger partial charge in [0.2, 0.25) is 0 Å². The van der Waals surface area contributed by atoms with Gasteiger partial charge < -0.3 is 15.0 Å². The maximum absolute atomic E-state index is 15.9. The third-order valence-corrected chi connectivity index (χ3v) is 6.13. The average molecular weight is 433 g/mol. The van der Waals surface area contributed by atoms with E-state index < -0.39 is 29.2 Å². The van der Waals surface area contributed by atoms with Crippen LogP contribution in [0.5, 0.6) is 0 Å². The van der Waals surface area contributed by atoms with Gasteiger partial charge in [-0.2, -0.15) is 0 Å². The SMILES string of the molecule is CCC(=O)O[C@@H]1[C@@H](C)c2c(cc(F)c(-c3cccc4c(Cl)c[nH]c34)c2F)NC1(C)C. The fourth-order valence-electron chi connectivity index (χ4n) is 4.43. The Kier molecular flexibility index (Phi) is 5.01. The summed E-state index contributed by atoms with van der Waals surface area (Å²) >= 11 is 6.19. The number of esters is 1. The van der Waals surface area contributed by atoms with Gasteiger partial charge in [-0.1, -0.05) is 43.6 Å². The molecule has 0 aliphatic carbocycles. The van der Waals surface area contributed by atoms with Crippen LogP contribution in [-0.2, 0) is 9.53 Å². The molecule has 1 aliphatic heterocycles. The highest BCUT2D eigenvalue weighted by Crippen LogP contribution is 2.46. The van der Waals surface area contributed by atoms with Gasteiger partial charge in [-0.15, -0.1) is 0 Å². The van der Waals surface area contributed by atoms with Gasteiger partial charge in [0.15, 0.2) is 0 Å². The highest BCUT2D eigenvalue weighted by atomic mass is 35.5. The van der Waals surface area contributed by atoms with Gasteiger partial charge in [0.1, 0.15) is 17.7 Å². The topological polar surface area (TPSA) is 54.1 Å². The molecule has 2 N–H and O–H groups in total. The van der Waals surface area contributed by atoms with Crippen molar-refractivity contribution in [3.8, 4) is 11.1 Å². The maximum atomic E-state index is 15.9. The number of fused-ring (bicyclic) bond motifs is 2. The van der Waals surface area contributed by atoms with Crippen molar-refractivity contribution in [2.45, 2.75) is 51.7 Å². The molecule has 158 valence electrons. The van der Waals surface area contributed by atoms with Crippen LogP contribution in [0.2, 0.25) is 5.02 Å². The molecule has 2 atom stereocenters. The van der Waals surface area contributed by atoms with E-state index in [2.05, 4.69) is 10.3 Å². The average Bonchev–Trinajstić information content (AvgIpc) is 3.06. The first-order valence-corrected chi connectivity index (χ1v) is 10.3. The van der Waals surface area contributed by atoms with Gasteiger partial charge in [-0.3, -0.25) is 4.79 Å². The van der Waals surface area contributed by atoms with E-state index in [0.29, 0.717) is 32.7 Å². The summed E-state index contributed by atoms with van der Waals surface area (Å²) in [7, 11) is 0. The number of nitrogens with one attached hydrogen (secondary N) is 2. The lowest BCUT2D eigenvalue weighted by molar-refractivity contribution is -0.152. The summed E-state index contributed by atoms with van der Waals surface area (Å²) in [5.41, 5.74) is 0.792. The van der Waals surface area contributed by atoms with E-state index in [1.165, 1.54) is 6.07 Å². The molecule has 0 saturated carbocycles. The molecule has 2 aromatic carbocycles. The molecule has 0 bridgehead atoms. The van der Waals surface area contributed by atoms with Crippen molar-refractivity contribution >= 4 is 34.2 Å². The number of benzene rings is 2. The van der Waals surface area contributed by atoms with Crippen LogP contribution < -0.4 is 5.32 Å². The number of rotatable bonds is 3. The number of aromatic amines is 1. The van der Waals surface area contributed by atoms with Crippen LogP contribution in [0.25, 0.3) is 22.0 Å². The zero-order valence-corrected chi connectivity index (χ0v) is 18.0. The number of para-hydroxylation sites is 1. The molecular weight excluding hydrogens is 410 g/mol. The van der Waals surface area contributed by atoms with Gasteiger partial charge in [-0.05, 0) is 19.9 Å². The van der Waals surface area contributed by atoms with E-state index in [4.69, 9.17) is 16.3 Å². The zero-order chi connectivity index (χ0) is 21.8. The lowest BCUT2D eigenvalue weighted by Crippen LogP contribution is -2.52. The highest BCUT2D eigenvalue weighted by Gasteiger charge is 2.44. The second-order valence-corrected chi connectivity index (χ2v) is 8.68. The summed E-state index contributed by atoms with van der Waals surface area (Å²) in [6.45, 7) is 7.21. The molecule has 0 amide bonds. The molecule has 4 nitrogen and oxygen atoms in total. The lowest BCUT2D eigenvalue weighted by atomic mass is 9.77. The van der Waals surface area contributed by atoms with Gasteiger partial charge in [0, 0.05) is 40.7 Å². The van der Waals surface area contributed by atoms with Crippen LogP contribution in [0.3, 0.4) is 0 Å². The Hall–Kier alpha value is -2.60. The van der Waals surface area contributed by atoms with Gasteiger partial charge in [0.25, 0.3) is 0 Å². The molecule has 0 radical (unpaired) electrons. The van der Waals surface area contributed by atoms with E-state index in [0.717, 1.165) is 0 Å². The number of ether oxygens (including phenoxy) is 1. The van der Waals surface area contributed by atoms with Gasteiger partial charge in [-0.25, -0.2) is 8.78 Å². The molecule has 3 aromatic rings. The minimum atomic E-state index is -0.690. The first-order valence-electron chi connectivity index (χ1n) is 9.91. The number of carbonyl (C=O) groups excluding carboxylic acids is 1. The van der Waals surface area contributed by atoms with Crippen LogP contribution in [-0.4, -0.2) is 22.6 Å². The first kappa shape index (κ1) is 20.7. The van der Waals surface area contributed by atoms with Gasteiger partial charge in [0.05, 0.1) is 21.6 Å². The first-order chi connectivity index (χ1) is 14.2. The summed E-state index contributed by atoms with van der Waals surface area (Å²) in [6.07, 6.45) is 1.21. The molecule has 0 unspecified atom stereocenters.